The third-order valence-corrected chi connectivity index (χ3v) is 7.71. The second-order valence-corrected chi connectivity index (χ2v) is 11.9. The highest BCUT2D eigenvalue weighted by Crippen LogP contribution is 2.41. The molecule has 1 N–H and O–H groups in total. The van der Waals surface area contributed by atoms with E-state index in [0.29, 0.717) is 18.2 Å². The first-order valence-corrected chi connectivity index (χ1v) is 11.5. The number of nitrogens with zero attached hydrogens (tertiary/aromatic N) is 3. The van der Waals surface area contributed by atoms with Gasteiger partial charge in [-0.05, 0) is 44.4 Å². The fourth-order valence-corrected chi connectivity index (χ4v) is 6.14. The van der Waals surface area contributed by atoms with Crippen molar-refractivity contribution in [1.29, 1.82) is 0 Å². The van der Waals surface area contributed by atoms with Crippen molar-refractivity contribution in [2.75, 3.05) is 23.4 Å². The van der Waals surface area contributed by atoms with E-state index in [2.05, 4.69) is 45.0 Å². The van der Waals surface area contributed by atoms with Crippen LogP contribution in [0.4, 0.5) is 10.6 Å². The van der Waals surface area contributed by atoms with Crippen LogP contribution in [0.5, 0.6) is 0 Å². The van der Waals surface area contributed by atoms with Gasteiger partial charge < -0.3 is 4.90 Å². The summed E-state index contributed by atoms with van der Waals surface area (Å²) >= 11 is 0. The first-order chi connectivity index (χ1) is 12.4. The summed E-state index contributed by atoms with van der Waals surface area (Å²) in [5.41, 5.74) is -0.0000797. The number of anilines is 1. The van der Waals surface area contributed by atoms with Gasteiger partial charge in [0.15, 0.2) is 9.84 Å². The van der Waals surface area contributed by atoms with Gasteiger partial charge >= 0.3 is 6.03 Å². The van der Waals surface area contributed by atoms with Crippen LogP contribution in [0.2, 0.25) is 0 Å². The average molecular weight is 397 g/mol. The molecular weight excluding hydrogens is 364 g/mol. The summed E-state index contributed by atoms with van der Waals surface area (Å²) in [6, 6.07) is 1.39. The van der Waals surface area contributed by atoms with E-state index in [0.717, 1.165) is 19.4 Å². The maximum Gasteiger partial charge on any atom is 0.323 e. The number of likely N-dealkylation sites (tertiary alicyclic amines) is 1. The summed E-state index contributed by atoms with van der Waals surface area (Å²) in [5.74, 6) is 1.28. The second-order valence-electron chi connectivity index (χ2n) is 9.70. The fraction of sp³-hybridized carbons (Fsp3) is 0.789. The van der Waals surface area contributed by atoms with E-state index in [1.165, 1.54) is 0 Å². The molecule has 0 saturated carbocycles. The second kappa shape index (κ2) is 6.79. The van der Waals surface area contributed by atoms with Crippen LogP contribution < -0.4 is 5.32 Å². The van der Waals surface area contributed by atoms with E-state index in [-0.39, 0.29) is 34.5 Å². The number of urea groups is 1. The van der Waals surface area contributed by atoms with Gasteiger partial charge in [0.05, 0.1) is 23.7 Å². The van der Waals surface area contributed by atoms with Crippen molar-refractivity contribution in [3.63, 3.8) is 0 Å². The summed E-state index contributed by atoms with van der Waals surface area (Å²) in [5, 5.41) is 7.23. The lowest BCUT2D eigenvalue weighted by molar-refractivity contribution is 0.136. The molecule has 0 spiro atoms. The number of carbonyl (C=O) groups is 1. The summed E-state index contributed by atoms with van der Waals surface area (Å²) < 4.78 is 25.2. The van der Waals surface area contributed by atoms with Crippen LogP contribution in [0, 0.1) is 11.3 Å². The number of carbonyl (C=O) groups excluding carboxylic acids is 1. The molecule has 1 aromatic heterocycles. The molecular formula is C19H32N4O3S. The molecule has 0 aliphatic carbocycles. The van der Waals surface area contributed by atoms with Crippen LogP contribution in [0.15, 0.2) is 12.3 Å². The Hall–Kier alpha value is -1.57. The Balaban J connectivity index is 1.71. The van der Waals surface area contributed by atoms with Crippen LogP contribution in [0.3, 0.4) is 0 Å². The van der Waals surface area contributed by atoms with Gasteiger partial charge in [-0.15, -0.1) is 0 Å². The normalized spacial score (nSPS) is 27.1. The zero-order valence-corrected chi connectivity index (χ0v) is 17.8. The lowest BCUT2D eigenvalue weighted by Crippen LogP contribution is -2.48. The fourth-order valence-electron chi connectivity index (χ4n) is 4.45. The number of nitrogens with one attached hydrogen (secondary N) is 1. The molecule has 7 nitrogen and oxygen atoms in total. The minimum Gasteiger partial charge on any atom is -0.319 e. The Bertz CT molecular complexity index is 807. The number of sulfone groups is 1. The Morgan fingerprint density at radius 3 is 2.63 bits per heavy atom. The minimum absolute atomic E-state index is 0.0837. The predicted molar refractivity (Wildman–Crippen MR) is 107 cm³/mol. The number of aromatic nitrogens is 2. The van der Waals surface area contributed by atoms with Gasteiger partial charge in [-0.25, -0.2) is 17.9 Å². The molecule has 0 radical (unpaired) electrons. The van der Waals surface area contributed by atoms with Gasteiger partial charge in [0.2, 0.25) is 0 Å². The Kier molecular flexibility index (Phi) is 5.08. The quantitative estimate of drug-likeness (QED) is 0.849. The molecule has 2 amide bonds. The third-order valence-electron chi connectivity index (χ3n) is 5.96. The lowest BCUT2D eigenvalue weighted by Gasteiger charge is -2.38. The van der Waals surface area contributed by atoms with Crippen molar-refractivity contribution in [2.24, 2.45) is 11.3 Å². The van der Waals surface area contributed by atoms with E-state index in [1.54, 1.807) is 16.9 Å². The first kappa shape index (κ1) is 20.2. The van der Waals surface area contributed by atoms with Crippen molar-refractivity contribution in [3.05, 3.63) is 12.3 Å². The molecule has 2 fully saturated rings. The highest BCUT2D eigenvalue weighted by atomic mass is 32.2. The zero-order valence-electron chi connectivity index (χ0n) is 17.0. The molecule has 2 aliphatic rings. The Morgan fingerprint density at radius 2 is 2.04 bits per heavy atom. The van der Waals surface area contributed by atoms with Crippen LogP contribution in [0.25, 0.3) is 0 Å². The molecule has 1 aromatic rings. The number of rotatable bonds is 3. The summed E-state index contributed by atoms with van der Waals surface area (Å²) in [6.45, 7) is 11.7. The van der Waals surface area contributed by atoms with Crippen molar-refractivity contribution >= 4 is 21.7 Å². The predicted octanol–water partition coefficient (Wildman–Crippen LogP) is 3.31. The van der Waals surface area contributed by atoms with Crippen molar-refractivity contribution in [2.45, 2.75) is 65.5 Å². The highest BCUT2D eigenvalue weighted by Gasteiger charge is 2.45. The van der Waals surface area contributed by atoms with Crippen LogP contribution in [0.1, 0.15) is 59.9 Å². The molecule has 3 rings (SSSR count). The van der Waals surface area contributed by atoms with Gasteiger partial charge in [0, 0.05) is 18.2 Å². The van der Waals surface area contributed by atoms with E-state index < -0.39 is 9.84 Å². The maximum absolute atomic E-state index is 13.0. The van der Waals surface area contributed by atoms with E-state index in [4.69, 9.17) is 0 Å². The number of hydrogen-bond acceptors (Lipinski definition) is 4. The Morgan fingerprint density at radius 1 is 1.33 bits per heavy atom. The number of amides is 2. The van der Waals surface area contributed by atoms with E-state index >= 15 is 0 Å². The van der Waals surface area contributed by atoms with E-state index in [1.807, 2.05) is 4.90 Å². The molecule has 2 aliphatic heterocycles. The van der Waals surface area contributed by atoms with Crippen molar-refractivity contribution < 1.29 is 13.2 Å². The third kappa shape index (κ3) is 4.31. The molecule has 2 unspecified atom stereocenters. The van der Waals surface area contributed by atoms with Crippen LogP contribution in [-0.4, -0.2) is 52.7 Å². The van der Waals surface area contributed by atoms with Gasteiger partial charge in [0.1, 0.15) is 5.82 Å². The minimum atomic E-state index is -3.01. The summed E-state index contributed by atoms with van der Waals surface area (Å²) in [7, 11) is -3.01. The highest BCUT2D eigenvalue weighted by molar-refractivity contribution is 7.91. The van der Waals surface area contributed by atoms with Gasteiger partial charge in [-0.2, -0.15) is 5.10 Å². The number of hydrogen-bond donors (Lipinski definition) is 1. The van der Waals surface area contributed by atoms with Crippen molar-refractivity contribution in [1.82, 2.24) is 14.7 Å². The van der Waals surface area contributed by atoms with Crippen LogP contribution in [-0.2, 0) is 9.84 Å². The molecule has 3 heterocycles. The topological polar surface area (TPSA) is 84.3 Å². The molecule has 8 heteroatoms. The first-order valence-electron chi connectivity index (χ1n) is 9.72. The van der Waals surface area contributed by atoms with Crippen molar-refractivity contribution in [3.8, 4) is 0 Å². The Labute approximate surface area is 162 Å². The standard InChI is InChI=1S/C19H32N4O3S/c1-18(2,3)12-14-7-10-22(19(14,4)5)17(24)21-16-6-9-20-23(16)15-8-11-27(25,26)13-15/h6,9,14-15H,7-8,10-13H2,1-5H3,(H,21,24). The molecule has 27 heavy (non-hydrogen) atoms. The molecule has 2 saturated heterocycles. The van der Waals surface area contributed by atoms with Crippen LogP contribution >= 0.6 is 0 Å². The lowest BCUT2D eigenvalue weighted by atomic mass is 9.76. The van der Waals surface area contributed by atoms with Gasteiger partial charge in [0.25, 0.3) is 0 Å². The molecule has 2 atom stereocenters. The summed E-state index contributed by atoms with van der Waals surface area (Å²) in [4.78, 5) is 14.9. The summed E-state index contributed by atoms with van der Waals surface area (Å²) in [6.07, 6.45) is 4.22. The molecule has 152 valence electrons. The largest absolute Gasteiger partial charge is 0.323 e. The smallest absolute Gasteiger partial charge is 0.319 e. The monoisotopic (exact) mass is 396 g/mol. The van der Waals surface area contributed by atoms with Gasteiger partial charge in [-0.1, -0.05) is 20.8 Å². The average Bonchev–Trinajstić information content (AvgIpc) is 3.17. The molecule has 0 bridgehead atoms. The molecule has 0 aromatic carbocycles. The van der Waals surface area contributed by atoms with E-state index in [9.17, 15) is 13.2 Å². The SMILES string of the molecule is CC(C)(C)CC1CCN(C(=O)Nc2ccnn2C2CCS(=O)(=O)C2)C1(C)C. The maximum atomic E-state index is 13.0. The zero-order chi connectivity index (χ0) is 20.0. The van der Waals surface area contributed by atoms with Gasteiger partial charge in [-0.3, -0.25) is 5.32 Å².